The summed E-state index contributed by atoms with van der Waals surface area (Å²) < 4.78 is 11.0. The van der Waals surface area contributed by atoms with E-state index >= 15 is 0 Å². The molecule has 20 heavy (non-hydrogen) atoms. The van der Waals surface area contributed by atoms with Crippen LogP contribution in [0.1, 0.15) is 15.9 Å². The van der Waals surface area contributed by atoms with Crippen LogP contribution in [0, 0.1) is 11.3 Å². The molecule has 0 spiro atoms. The number of hydrogen-bond donors (Lipinski definition) is 0. The Hall–Kier alpha value is -2.32. The van der Waals surface area contributed by atoms with Crippen LogP contribution in [0.25, 0.3) is 0 Å². The van der Waals surface area contributed by atoms with E-state index in [1.54, 1.807) is 24.3 Å². The van der Waals surface area contributed by atoms with Gasteiger partial charge < -0.3 is 9.47 Å². The van der Waals surface area contributed by atoms with E-state index < -0.39 is 5.97 Å². The monoisotopic (exact) mass is 331 g/mol. The van der Waals surface area contributed by atoms with Crippen molar-refractivity contribution in [3.8, 4) is 17.6 Å². The van der Waals surface area contributed by atoms with Crippen molar-refractivity contribution in [3.63, 3.8) is 0 Å². The molecule has 0 aliphatic carbocycles. The van der Waals surface area contributed by atoms with E-state index in [9.17, 15) is 4.79 Å². The molecule has 2 rings (SSSR count). The Morgan fingerprint density at radius 2 is 1.90 bits per heavy atom. The van der Waals surface area contributed by atoms with Gasteiger partial charge >= 0.3 is 5.97 Å². The number of nitrogens with zero attached hydrogens (tertiary/aromatic N) is 1. The zero-order valence-electron chi connectivity index (χ0n) is 10.6. The van der Waals surface area contributed by atoms with Crippen LogP contribution in [-0.2, 0) is 0 Å². The van der Waals surface area contributed by atoms with Gasteiger partial charge in [-0.05, 0) is 28.1 Å². The second kappa shape index (κ2) is 6.22. The first-order valence-corrected chi connectivity index (χ1v) is 6.50. The highest BCUT2D eigenvalue weighted by Crippen LogP contribution is 2.33. The molecule has 0 aromatic heterocycles. The van der Waals surface area contributed by atoms with Crippen molar-refractivity contribution < 1.29 is 14.3 Å². The van der Waals surface area contributed by atoms with Gasteiger partial charge in [0, 0.05) is 16.6 Å². The normalized spacial score (nSPS) is 9.65. The first kappa shape index (κ1) is 14.1. The molecule has 0 bridgehead atoms. The Labute approximate surface area is 124 Å². The third-order valence-electron chi connectivity index (χ3n) is 2.59. The highest BCUT2D eigenvalue weighted by atomic mass is 79.9. The average molecular weight is 332 g/mol. The van der Waals surface area contributed by atoms with E-state index in [2.05, 4.69) is 15.9 Å². The Bertz CT molecular complexity index is 678. The van der Waals surface area contributed by atoms with Gasteiger partial charge in [-0.25, -0.2) is 4.79 Å². The van der Waals surface area contributed by atoms with Crippen LogP contribution >= 0.6 is 15.9 Å². The predicted octanol–water partition coefficient (Wildman–Crippen LogP) is 3.55. The largest absolute Gasteiger partial charge is 0.493 e. The van der Waals surface area contributed by atoms with Crippen molar-refractivity contribution in [2.75, 3.05) is 7.11 Å². The first-order valence-electron chi connectivity index (χ1n) is 5.70. The lowest BCUT2D eigenvalue weighted by Crippen LogP contribution is -2.09. The number of carbonyl (C=O) groups excluding carboxylic acids is 1. The summed E-state index contributed by atoms with van der Waals surface area (Å²) in [5.74, 6) is 0.0989. The zero-order chi connectivity index (χ0) is 14.5. The second-order valence-corrected chi connectivity index (χ2v) is 4.70. The second-order valence-electron chi connectivity index (χ2n) is 3.85. The summed E-state index contributed by atoms with van der Waals surface area (Å²) in [6.07, 6.45) is 0. The number of nitriles is 1. The van der Waals surface area contributed by atoms with Crippen molar-refractivity contribution >= 4 is 21.9 Å². The summed E-state index contributed by atoms with van der Waals surface area (Å²) >= 11 is 3.25. The maximum Gasteiger partial charge on any atom is 0.343 e. The average Bonchev–Trinajstić information content (AvgIpc) is 2.48. The standard InChI is InChI=1S/C15H10BrNO3/c1-19-13-7-11(9-17)12(16)8-14(13)20-15(18)10-5-3-2-4-6-10/h2-8H,1H3. The highest BCUT2D eigenvalue weighted by Gasteiger charge is 2.14. The van der Waals surface area contributed by atoms with Crippen molar-refractivity contribution in [2.45, 2.75) is 0 Å². The van der Waals surface area contributed by atoms with Crippen molar-refractivity contribution in [3.05, 3.63) is 58.1 Å². The minimum atomic E-state index is -0.486. The molecule has 0 radical (unpaired) electrons. The van der Waals surface area contributed by atoms with Crippen LogP contribution in [0.15, 0.2) is 46.9 Å². The minimum absolute atomic E-state index is 0.257. The third-order valence-corrected chi connectivity index (χ3v) is 3.24. The van der Waals surface area contributed by atoms with E-state index in [4.69, 9.17) is 14.7 Å². The molecule has 2 aromatic rings. The van der Waals surface area contributed by atoms with Crippen LogP contribution in [0.2, 0.25) is 0 Å². The number of methoxy groups -OCH3 is 1. The van der Waals surface area contributed by atoms with Crippen LogP contribution in [-0.4, -0.2) is 13.1 Å². The number of carbonyl (C=O) groups is 1. The fourth-order valence-corrected chi connectivity index (χ4v) is 2.00. The summed E-state index contributed by atoms with van der Waals surface area (Å²) in [6, 6.07) is 13.7. The van der Waals surface area contributed by atoms with E-state index in [1.165, 1.54) is 19.2 Å². The molecule has 2 aromatic carbocycles. The molecular formula is C15H10BrNO3. The molecule has 0 atom stereocenters. The van der Waals surface area contributed by atoms with Gasteiger partial charge in [0.2, 0.25) is 0 Å². The molecule has 5 heteroatoms. The lowest BCUT2D eigenvalue weighted by molar-refractivity contribution is 0.0729. The maximum atomic E-state index is 12.0. The van der Waals surface area contributed by atoms with Gasteiger partial charge in [-0.3, -0.25) is 0 Å². The quantitative estimate of drug-likeness (QED) is 0.637. The Morgan fingerprint density at radius 3 is 2.50 bits per heavy atom. The predicted molar refractivity (Wildman–Crippen MR) is 76.8 cm³/mol. The number of benzene rings is 2. The summed E-state index contributed by atoms with van der Waals surface area (Å²) in [5, 5.41) is 8.95. The smallest absolute Gasteiger partial charge is 0.343 e. The lowest BCUT2D eigenvalue weighted by atomic mass is 10.2. The number of rotatable bonds is 3. The lowest BCUT2D eigenvalue weighted by Gasteiger charge is -2.10. The van der Waals surface area contributed by atoms with Gasteiger partial charge in [0.1, 0.15) is 6.07 Å². The van der Waals surface area contributed by atoms with Gasteiger partial charge in [-0.15, -0.1) is 0 Å². The van der Waals surface area contributed by atoms with Gasteiger partial charge in [0.25, 0.3) is 0 Å². The molecule has 0 unspecified atom stereocenters. The van der Waals surface area contributed by atoms with Crippen molar-refractivity contribution in [2.24, 2.45) is 0 Å². The topological polar surface area (TPSA) is 59.3 Å². The summed E-state index contributed by atoms with van der Waals surface area (Å²) in [6.45, 7) is 0. The maximum absolute atomic E-state index is 12.0. The summed E-state index contributed by atoms with van der Waals surface area (Å²) in [5.41, 5.74) is 0.844. The molecule has 0 fully saturated rings. The molecule has 100 valence electrons. The number of ether oxygens (including phenoxy) is 2. The molecule has 0 N–H and O–H groups in total. The molecule has 0 saturated heterocycles. The van der Waals surface area contributed by atoms with E-state index in [-0.39, 0.29) is 5.75 Å². The van der Waals surface area contributed by atoms with Gasteiger partial charge in [0.05, 0.1) is 18.2 Å². The first-order chi connectivity index (χ1) is 9.65. The number of esters is 1. The minimum Gasteiger partial charge on any atom is -0.493 e. The highest BCUT2D eigenvalue weighted by molar-refractivity contribution is 9.10. The molecule has 0 amide bonds. The van der Waals surface area contributed by atoms with Crippen LogP contribution in [0.3, 0.4) is 0 Å². The molecule has 0 aliphatic heterocycles. The summed E-state index contributed by atoms with van der Waals surface area (Å²) in [7, 11) is 1.45. The van der Waals surface area contributed by atoms with Gasteiger partial charge in [0.15, 0.2) is 11.5 Å². The van der Waals surface area contributed by atoms with E-state index in [0.717, 1.165) is 0 Å². The van der Waals surface area contributed by atoms with Crippen LogP contribution < -0.4 is 9.47 Å². The SMILES string of the molecule is COc1cc(C#N)c(Br)cc1OC(=O)c1ccccc1. The van der Waals surface area contributed by atoms with E-state index in [1.807, 2.05) is 12.1 Å². The fraction of sp³-hybridized carbons (Fsp3) is 0.0667. The number of halogens is 1. The molecule has 0 heterocycles. The van der Waals surface area contributed by atoms with Crippen molar-refractivity contribution in [1.82, 2.24) is 0 Å². The zero-order valence-corrected chi connectivity index (χ0v) is 12.2. The third kappa shape index (κ3) is 2.98. The fourth-order valence-electron chi connectivity index (χ4n) is 1.59. The van der Waals surface area contributed by atoms with Gasteiger partial charge in [-0.1, -0.05) is 18.2 Å². The summed E-state index contributed by atoms with van der Waals surface area (Å²) in [4.78, 5) is 12.0. The molecule has 4 nitrogen and oxygen atoms in total. The van der Waals surface area contributed by atoms with Crippen LogP contribution in [0.5, 0.6) is 11.5 Å². The van der Waals surface area contributed by atoms with Gasteiger partial charge in [-0.2, -0.15) is 5.26 Å². The Kier molecular flexibility index (Phi) is 4.38. The Morgan fingerprint density at radius 1 is 1.20 bits per heavy atom. The molecule has 0 aliphatic rings. The number of hydrogen-bond acceptors (Lipinski definition) is 4. The molecular weight excluding hydrogens is 322 g/mol. The Balaban J connectivity index is 2.32. The molecule has 0 saturated carbocycles. The van der Waals surface area contributed by atoms with E-state index in [0.29, 0.717) is 21.3 Å². The van der Waals surface area contributed by atoms with Crippen LogP contribution in [0.4, 0.5) is 0 Å². The van der Waals surface area contributed by atoms with Crippen molar-refractivity contribution in [1.29, 1.82) is 5.26 Å².